The van der Waals surface area contributed by atoms with E-state index in [2.05, 4.69) is 0 Å². The van der Waals surface area contributed by atoms with Crippen molar-refractivity contribution in [2.24, 2.45) is 0 Å². The number of rotatable bonds is 6. The second kappa shape index (κ2) is 10.7. The minimum absolute atomic E-state index is 0.495. The molecule has 0 aromatic carbocycles. The predicted octanol–water partition coefficient (Wildman–Crippen LogP) is -6.84. The molecule has 0 aromatic heterocycles. The van der Waals surface area contributed by atoms with Crippen LogP contribution in [0.4, 0.5) is 0 Å². The highest BCUT2D eigenvalue weighted by Gasteiger charge is 2.54. The summed E-state index contributed by atoms with van der Waals surface area (Å²) in [5.74, 6) is -1.70. The van der Waals surface area contributed by atoms with E-state index in [4.69, 9.17) is 23.7 Å². The van der Waals surface area contributed by atoms with Crippen LogP contribution in [0, 0.1) is 0 Å². The van der Waals surface area contributed by atoms with E-state index in [0.29, 0.717) is 0 Å². The summed E-state index contributed by atoms with van der Waals surface area (Å²) >= 11 is 0. The van der Waals surface area contributed by atoms with Crippen LogP contribution < -0.4 is 0 Å². The number of hydrogen-bond acceptors (Lipinski definition) is 15. The molecule has 3 aliphatic heterocycles. The van der Waals surface area contributed by atoms with Crippen LogP contribution in [0.1, 0.15) is 0 Å². The molecule has 0 aliphatic carbocycles. The molecule has 3 heterocycles. The lowest BCUT2D eigenvalue weighted by Crippen LogP contribution is -2.67. The van der Waals surface area contributed by atoms with Crippen LogP contribution in [0.3, 0.4) is 0 Å². The van der Waals surface area contributed by atoms with Crippen molar-refractivity contribution in [1.82, 2.24) is 0 Å². The third-order valence-corrected chi connectivity index (χ3v) is 5.67. The van der Waals surface area contributed by atoms with Gasteiger partial charge in [-0.15, -0.1) is 0 Å². The van der Waals surface area contributed by atoms with Gasteiger partial charge in [-0.05, 0) is 0 Å². The van der Waals surface area contributed by atoms with Gasteiger partial charge in [-0.1, -0.05) is 0 Å². The van der Waals surface area contributed by atoms with Crippen LogP contribution in [0.25, 0.3) is 0 Å². The molecular formula is C17H28O16. The largest absolute Gasteiger partial charge is 0.479 e. The van der Waals surface area contributed by atoms with Gasteiger partial charge in [0.2, 0.25) is 0 Å². The molecule has 3 rings (SSSR count). The van der Waals surface area contributed by atoms with Crippen molar-refractivity contribution in [3.8, 4) is 0 Å². The lowest BCUT2D eigenvalue weighted by molar-refractivity contribution is -0.373. The summed E-state index contributed by atoms with van der Waals surface area (Å²) in [6.07, 6.45) is -25.5. The van der Waals surface area contributed by atoms with E-state index < -0.39 is 105 Å². The number of carbonyl (C=O) groups is 1. The molecule has 33 heavy (non-hydrogen) atoms. The molecule has 16 nitrogen and oxygen atoms in total. The highest BCUT2D eigenvalue weighted by Crippen LogP contribution is 2.32. The van der Waals surface area contributed by atoms with Crippen molar-refractivity contribution in [3.63, 3.8) is 0 Å². The minimum Gasteiger partial charge on any atom is -0.479 e. The van der Waals surface area contributed by atoms with Crippen LogP contribution in [0.15, 0.2) is 0 Å². The van der Waals surface area contributed by atoms with E-state index in [1.54, 1.807) is 0 Å². The Hall–Kier alpha value is -1.09. The molecule has 192 valence electrons. The highest BCUT2D eigenvalue weighted by molar-refractivity contribution is 5.73. The Labute approximate surface area is 185 Å². The quantitative estimate of drug-likeness (QED) is 0.166. The average molecular weight is 488 g/mol. The summed E-state index contributed by atoms with van der Waals surface area (Å²) in [6.45, 7) is -1.30. The molecule has 0 amide bonds. The first kappa shape index (κ1) is 26.5. The van der Waals surface area contributed by atoms with Gasteiger partial charge in [-0.2, -0.15) is 0 Å². The van der Waals surface area contributed by atoms with E-state index in [1.165, 1.54) is 0 Å². The summed E-state index contributed by atoms with van der Waals surface area (Å²) in [5, 5.41) is 98.7. The van der Waals surface area contributed by atoms with Gasteiger partial charge in [0.05, 0.1) is 13.2 Å². The Balaban J connectivity index is 1.86. The molecule has 10 N–H and O–H groups in total. The first-order valence-corrected chi connectivity index (χ1v) is 9.99. The molecule has 0 aromatic rings. The van der Waals surface area contributed by atoms with Gasteiger partial charge in [0.25, 0.3) is 0 Å². The van der Waals surface area contributed by atoms with E-state index in [1.807, 2.05) is 0 Å². The second-order valence-electron chi connectivity index (χ2n) is 7.93. The molecule has 3 fully saturated rings. The second-order valence-corrected chi connectivity index (χ2v) is 7.93. The number of aliphatic carboxylic acids is 1. The van der Waals surface area contributed by atoms with Crippen molar-refractivity contribution in [2.45, 2.75) is 86.0 Å². The van der Waals surface area contributed by atoms with Crippen LogP contribution in [0.5, 0.6) is 0 Å². The molecule has 3 aliphatic rings. The number of ether oxygens (including phenoxy) is 5. The Morgan fingerprint density at radius 1 is 0.758 bits per heavy atom. The summed E-state index contributed by atoms with van der Waals surface area (Å²) in [7, 11) is 0. The Morgan fingerprint density at radius 2 is 1.36 bits per heavy atom. The third-order valence-electron chi connectivity index (χ3n) is 5.67. The Morgan fingerprint density at radius 3 is 1.97 bits per heavy atom. The fraction of sp³-hybridized carbons (Fsp3) is 0.941. The standard InChI is InChI=1S/C17H28O16/c18-1-4-6(21)7(22)9(24)17(30-4)33-12-11(10(25)15(28)31-13(12)14(26)27)32-16-8(23)5(20)3(19)2-29-16/h3-13,15-25,28H,1-2H2,(H,26,27)/t3-,4+,5-,6-,7-,8+,9+,10+,11+,12-,13-,15+,16-,17-/m0/s1. The van der Waals surface area contributed by atoms with E-state index in [0.717, 1.165) is 0 Å². The summed E-state index contributed by atoms with van der Waals surface area (Å²) in [6, 6.07) is 0. The molecular weight excluding hydrogens is 460 g/mol. The van der Waals surface area contributed by atoms with E-state index in [-0.39, 0.29) is 0 Å². The smallest absolute Gasteiger partial charge is 0.335 e. The third kappa shape index (κ3) is 5.29. The summed E-state index contributed by atoms with van der Waals surface area (Å²) in [5.41, 5.74) is 0. The minimum atomic E-state index is -2.11. The SMILES string of the molecule is O=C(O)[C@H]1O[C@@H](O)[C@H](O)[C@@H](O[C@@H]2OC[C@H](O)[C@H](O)[C@H]2O)[C@@H]1O[C@@H]1O[C@H](CO)[C@H](O)[C@H](O)[C@H]1O. The van der Waals surface area contributed by atoms with Crippen LogP contribution >= 0.6 is 0 Å². The van der Waals surface area contributed by atoms with E-state index in [9.17, 15) is 55.9 Å². The van der Waals surface area contributed by atoms with Crippen molar-refractivity contribution in [2.75, 3.05) is 13.2 Å². The van der Waals surface area contributed by atoms with Gasteiger partial charge in [-0.3, -0.25) is 0 Å². The number of carboxylic acids is 1. The van der Waals surface area contributed by atoms with Gasteiger partial charge in [0.1, 0.15) is 61.0 Å². The maximum absolute atomic E-state index is 11.7. The number of aliphatic hydroxyl groups is 9. The average Bonchev–Trinajstić information content (AvgIpc) is 2.78. The topological polar surface area (TPSA) is 266 Å². The Bertz CT molecular complexity index is 663. The number of carboxylic acid groups (broad SMARTS) is 1. The highest BCUT2D eigenvalue weighted by atomic mass is 16.8. The van der Waals surface area contributed by atoms with Gasteiger partial charge >= 0.3 is 5.97 Å². The molecule has 0 radical (unpaired) electrons. The molecule has 14 atom stereocenters. The number of aliphatic hydroxyl groups excluding tert-OH is 9. The molecule has 0 saturated carbocycles. The zero-order valence-corrected chi connectivity index (χ0v) is 16.9. The monoisotopic (exact) mass is 488 g/mol. The lowest BCUT2D eigenvalue weighted by Gasteiger charge is -2.47. The van der Waals surface area contributed by atoms with Crippen molar-refractivity contribution >= 4 is 5.97 Å². The summed E-state index contributed by atoms with van der Waals surface area (Å²) in [4.78, 5) is 11.7. The normalized spacial score (nSPS) is 51.3. The molecule has 0 bridgehead atoms. The van der Waals surface area contributed by atoms with Gasteiger partial charge in [0, 0.05) is 0 Å². The first-order chi connectivity index (χ1) is 15.5. The van der Waals surface area contributed by atoms with Crippen molar-refractivity contribution < 1.29 is 79.5 Å². The molecule has 0 unspecified atom stereocenters. The molecule has 16 heteroatoms. The Kier molecular flexibility index (Phi) is 8.57. The van der Waals surface area contributed by atoms with Gasteiger partial charge < -0.3 is 74.7 Å². The lowest BCUT2D eigenvalue weighted by atomic mass is 9.96. The fourth-order valence-corrected chi connectivity index (χ4v) is 3.73. The number of hydrogen-bond donors (Lipinski definition) is 10. The van der Waals surface area contributed by atoms with Crippen LogP contribution in [0.2, 0.25) is 0 Å². The van der Waals surface area contributed by atoms with Gasteiger partial charge in [0.15, 0.2) is 25.0 Å². The summed E-state index contributed by atoms with van der Waals surface area (Å²) < 4.78 is 25.9. The van der Waals surface area contributed by atoms with Gasteiger partial charge in [-0.25, -0.2) is 4.79 Å². The molecule has 0 spiro atoms. The van der Waals surface area contributed by atoms with Crippen molar-refractivity contribution in [3.05, 3.63) is 0 Å². The van der Waals surface area contributed by atoms with Crippen molar-refractivity contribution in [1.29, 1.82) is 0 Å². The maximum Gasteiger partial charge on any atom is 0.335 e. The zero-order valence-electron chi connectivity index (χ0n) is 16.9. The first-order valence-electron chi connectivity index (χ1n) is 9.99. The van der Waals surface area contributed by atoms with Crippen LogP contribution in [-0.2, 0) is 28.5 Å². The van der Waals surface area contributed by atoms with Crippen LogP contribution in [-0.4, -0.2) is 156 Å². The predicted molar refractivity (Wildman–Crippen MR) is 95.8 cm³/mol. The fourth-order valence-electron chi connectivity index (χ4n) is 3.73. The zero-order chi connectivity index (χ0) is 24.6. The van der Waals surface area contributed by atoms with E-state index >= 15 is 0 Å². The molecule has 3 saturated heterocycles. The maximum atomic E-state index is 11.7.